The second-order valence-electron chi connectivity index (χ2n) is 6.62. The molecule has 1 N–H and O–H groups in total. The van der Waals surface area contributed by atoms with Crippen LogP contribution in [0.15, 0.2) is 53.4 Å². The highest BCUT2D eigenvalue weighted by molar-refractivity contribution is 7.89. The van der Waals surface area contributed by atoms with Gasteiger partial charge in [-0.2, -0.15) is 4.72 Å². The molecular formula is C19H22ClFN2O3S. The minimum Gasteiger partial charge on any atom is -0.340 e. The number of nitrogens with zero attached hydrogens (tertiary/aromatic N) is 1. The molecule has 0 heterocycles. The van der Waals surface area contributed by atoms with E-state index in [2.05, 4.69) is 4.72 Å². The first-order valence-corrected chi connectivity index (χ1v) is 10.2. The molecule has 27 heavy (non-hydrogen) atoms. The van der Waals surface area contributed by atoms with Crippen LogP contribution in [0.3, 0.4) is 0 Å². The van der Waals surface area contributed by atoms with Crippen molar-refractivity contribution in [1.29, 1.82) is 0 Å². The van der Waals surface area contributed by atoms with Crippen molar-refractivity contribution >= 4 is 27.5 Å². The Morgan fingerprint density at radius 3 is 2.37 bits per heavy atom. The third-order valence-electron chi connectivity index (χ3n) is 4.02. The van der Waals surface area contributed by atoms with Crippen LogP contribution < -0.4 is 4.72 Å². The number of benzene rings is 2. The summed E-state index contributed by atoms with van der Waals surface area (Å²) in [7, 11) is -2.34. The standard InChI is InChI=1S/C19H22ClFN2O3S/c1-13(2)18(22-27(25,26)17-9-7-15(20)8-10-17)19(24)23(3)12-14-5-4-6-16(21)11-14/h4-11,13,18,22H,12H2,1-3H3/t18-/m0/s1. The van der Waals surface area contributed by atoms with Gasteiger partial charge in [-0.3, -0.25) is 4.79 Å². The molecule has 0 spiro atoms. The smallest absolute Gasteiger partial charge is 0.241 e. The second-order valence-corrected chi connectivity index (χ2v) is 8.77. The lowest BCUT2D eigenvalue weighted by atomic mass is 10.0. The highest BCUT2D eigenvalue weighted by Gasteiger charge is 2.30. The van der Waals surface area contributed by atoms with Gasteiger partial charge in [0.05, 0.1) is 4.90 Å². The second kappa shape index (κ2) is 8.82. The lowest BCUT2D eigenvalue weighted by molar-refractivity contribution is -0.133. The third-order valence-corrected chi connectivity index (χ3v) is 5.73. The van der Waals surface area contributed by atoms with Gasteiger partial charge < -0.3 is 4.90 Å². The Hall–Kier alpha value is -1.96. The van der Waals surface area contributed by atoms with Crippen molar-refractivity contribution in [3.05, 3.63) is 64.9 Å². The number of halogens is 2. The van der Waals surface area contributed by atoms with Gasteiger partial charge in [0.15, 0.2) is 0 Å². The van der Waals surface area contributed by atoms with Crippen LogP contribution in [0, 0.1) is 11.7 Å². The first kappa shape index (κ1) is 21.3. The number of sulfonamides is 1. The van der Waals surface area contributed by atoms with Crippen LogP contribution in [0.4, 0.5) is 4.39 Å². The van der Waals surface area contributed by atoms with Gasteiger partial charge in [-0.05, 0) is 47.9 Å². The lowest BCUT2D eigenvalue weighted by Gasteiger charge is -2.27. The molecule has 0 radical (unpaired) electrons. The van der Waals surface area contributed by atoms with E-state index in [0.29, 0.717) is 10.6 Å². The lowest BCUT2D eigenvalue weighted by Crippen LogP contribution is -2.49. The summed E-state index contributed by atoms with van der Waals surface area (Å²) in [5.74, 6) is -1.07. The Kier molecular flexibility index (Phi) is 6.97. The molecule has 1 atom stereocenters. The monoisotopic (exact) mass is 412 g/mol. The van der Waals surface area contributed by atoms with Crippen molar-refractivity contribution in [2.45, 2.75) is 31.3 Å². The van der Waals surface area contributed by atoms with E-state index in [9.17, 15) is 17.6 Å². The molecule has 5 nitrogen and oxygen atoms in total. The summed E-state index contributed by atoms with van der Waals surface area (Å²) in [5.41, 5.74) is 0.619. The SMILES string of the molecule is CC(C)[C@H](NS(=O)(=O)c1ccc(Cl)cc1)C(=O)N(C)Cc1cccc(F)c1. The molecule has 0 unspecified atom stereocenters. The van der Waals surface area contributed by atoms with Crippen molar-refractivity contribution in [3.8, 4) is 0 Å². The van der Waals surface area contributed by atoms with Crippen molar-refractivity contribution < 1.29 is 17.6 Å². The summed E-state index contributed by atoms with van der Waals surface area (Å²) in [4.78, 5) is 14.2. The molecule has 0 saturated heterocycles. The fourth-order valence-electron chi connectivity index (χ4n) is 2.55. The highest BCUT2D eigenvalue weighted by atomic mass is 35.5. The van der Waals surface area contributed by atoms with E-state index in [0.717, 1.165) is 0 Å². The Morgan fingerprint density at radius 2 is 1.81 bits per heavy atom. The van der Waals surface area contributed by atoms with Gasteiger partial charge in [-0.15, -0.1) is 0 Å². The minimum absolute atomic E-state index is 0.0260. The Labute approximate surface area is 164 Å². The Morgan fingerprint density at radius 1 is 1.19 bits per heavy atom. The van der Waals surface area contributed by atoms with E-state index in [1.165, 1.54) is 41.3 Å². The van der Waals surface area contributed by atoms with E-state index in [1.807, 2.05) is 0 Å². The van der Waals surface area contributed by atoms with E-state index in [1.54, 1.807) is 33.0 Å². The van der Waals surface area contributed by atoms with E-state index in [4.69, 9.17) is 11.6 Å². The topological polar surface area (TPSA) is 66.5 Å². The zero-order valence-electron chi connectivity index (χ0n) is 15.3. The van der Waals surface area contributed by atoms with Crippen molar-refractivity contribution in [2.75, 3.05) is 7.05 Å². The molecule has 146 valence electrons. The maximum absolute atomic E-state index is 13.3. The first-order chi connectivity index (χ1) is 12.6. The van der Waals surface area contributed by atoms with Crippen LogP contribution in [0.2, 0.25) is 5.02 Å². The number of amides is 1. The molecule has 0 fully saturated rings. The molecule has 0 aliphatic carbocycles. The molecule has 2 aromatic rings. The number of likely N-dealkylation sites (N-methyl/N-ethyl adjacent to an activating group) is 1. The third kappa shape index (κ3) is 5.76. The van der Waals surface area contributed by atoms with Crippen LogP contribution >= 0.6 is 11.6 Å². The first-order valence-electron chi connectivity index (χ1n) is 8.37. The largest absolute Gasteiger partial charge is 0.340 e. The zero-order chi connectivity index (χ0) is 20.2. The zero-order valence-corrected chi connectivity index (χ0v) is 16.9. The maximum atomic E-state index is 13.3. The molecule has 2 aromatic carbocycles. The van der Waals surface area contributed by atoms with Crippen LogP contribution in [0.1, 0.15) is 19.4 Å². The predicted octanol–water partition coefficient (Wildman–Crippen LogP) is 3.44. The molecular weight excluding hydrogens is 391 g/mol. The van der Waals surface area contributed by atoms with Crippen molar-refractivity contribution in [1.82, 2.24) is 9.62 Å². The van der Waals surface area contributed by atoms with Gasteiger partial charge in [-0.1, -0.05) is 37.6 Å². The van der Waals surface area contributed by atoms with Gasteiger partial charge in [-0.25, -0.2) is 12.8 Å². The van der Waals surface area contributed by atoms with E-state index < -0.39 is 27.8 Å². The van der Waals surface area contributed by atoms with Gasteiger partial charge in [0, 0.05) is 18.6 Å². The maximum Gasteiger partial charge on any atom is 0.241 e. The summed E-state index contributed by atoms with van der Waals surface area (Å²) in [6, 6.07) is 10.7. The summed E-state index contributed by atoms with van der Waals surface area (Å²) in [5, 5.41) is 0.417. The fraction of sp³-hybridized carbons (Fsp3) is 0.316. The quantitative estimate of drug-likeness (QED) is 0.757. The number of carbonyl (C=O) groups is 1. The normalized spacial score (nSPS) is 12.8. The van der Waals surface area contributed by atoms with E-state index >= 15 is 0 Å². The number of hydrogen-bond donors (Lipinski definition) is 1. The van der Waals surface area contributed by atoms with Crippen LogP contribution in [0.5, 0.6) is 0 Å². The Balaban J connectivity index is 2.18. The number of hydrogen-bond acceptors (Lipinski definition) is 3. The summed E-state index contributed by atoms with van der Waals surface area (Å²) < 4.78 is 41.0. The number of nitrogens with one attached hydrogen (secondary N) is 1. The molecule has 0 aliphatic heterocycles. The molecule has 2 rings (SSSR count). The molecule has 8 heteroatoms. The van der Waals surface area contributed by atoms with Gasteiger partial charge in [0.25, 0.3) is 0 Å². The number of carbonyl (C=O) groups excluding carboxylic acids is 1. The summed E-state index contributed by atoms with van der Waals surface area (Å²) in [6.45, 7) is 3.68. The summed E-state index contributed by atoms with van der Waals surface area (Å²) >= 11 is 5.80. The molecule has 1 amide bonds. The molecule has 0 bridgehead atoms. The van der Waals surface area contributed by atoms with Gasteiger partial charge in [0.2, 0.25) is 15.9 Å². The highest BCUT2D eigenvalue weighted by Crippen LogP contribution is 2.17. The summed E-state index contributed by atoms with van der Waals surface area (Å²) in [6.07, 6.45) is 0. The number of rotatable bonds is 7. The van der Waals surface area contributed by atoms with Crippen molar-refractivity contribution in [2.24, 2.45) is 5.92 Å². The fourth-order valence-corrected chi connectivity index (χ4v) is 4.01. The molecule has 0 saturated carbocycles. The average Bonchev–Trinajstić information content (AvgIpc) is 2.59. The van der Waals surface area contributed by atoms with Gasteiger partial charge >= 0.3 is 0 Å². The van der Waals surface area contributed by atoms with Crippen LogP contribution in [-0.4, -0.2) is 32.3 Å². The molecule has 0 aromatic heterocycles. The van der Waals surface area contributed by atoms with Crippen molar-refractivity contribution in [3.63, 3.8) is 0 Å². The van der Waals surface area contributed by atoms with Crippen LogP contribution in [-0.2, 0) is 21.4 Å². The average molecular weight is 413 g/mol. The molecule has 0 aliphatic rings. The van der Waals surface area contributed by atoms with E-state index in [-0.39, 0.29) is 17.4 Å². The van der Waals surface area contributed by atoms with Crippen LogP contribution in [0.25, 0.3) is 0 Å². The van der Waals surface area contributed by atoms with Gasteiger partial charge in [0.1, 0.15) is 11.9 Å². The Bertz CT molecular complexity index is 901. The minimum atomic E-state index is -3.90. The predicted molar refractivity (Wildman–Crippen MR) is 103 cm³/mol.